The highest BCUT2D eigenvalue weighted by molar-refractivity contribution is 5.24. The van der Waals surface area contributed by atoms with E-state index in [-0.39, 0.29) is 12.1 Å². The molecular weight excluding hydrogens is 188 g/mol. The lowest BCUT2D eigenvalue weighted by Gasteiger charge is -2.23. The average molecular weight is 201 g/mol. The van der Waals surface area contributed by atoms with Crippen LogP contribution in [-0.4, -0.2) is 18.7 Å². The van der Waals surface area contributed by atoms with Crippen LogP contribution in [0.15, 0.2) is 18.2 Å². The normalized spacial score (nSPS) is 15.2. The fourth-order valence-corrected chi connectivity index (χ4v) is 1.35. The lowest BCUT2D eigenvalue weighted by atomic mass is 9.95. The molecule has 1 atom stereocenters. The Bertz CT molecular complexity index is 326. The Balaban J connectivity index is 3.10. The molecule has 0 saturated heterocycles. The summed E-state index contributed by atoms with van der Waals surface area (Å²) in [6, 6.07) is 3.04. The Morgan fingerprint density at radius 2 is 2.07 bits per heavy atom. The number of benzene rings is 1. The van der Waals surface area contributed by atoms with E-state index in [1.165, 1.54) is 6.92 Å². The lowest BCUT2D eigenvalue weighted by molar-refractivity contribution is 0.0550. The topological polar surface area (TPSA) is 32.3 Å². The van der Waals surface area contributed by atoms with E-state index < -0.39 is 17.2 Å². The minimum atomic E-state index is -1.40. The van der Waals surface area contributed by atoms with Gasteiger partial charge >= 0.3 is 0 Å². The number of rotatable bonds is 3. The summed E-state index contributed by atoms with van der Waals surface area (Å²) in [5.74, 6) is -1.16. The summed E-state index contributed by atoms with van der Waals surface area (Å²) in [4.78, 5) is 0. The Hall–Kier alpha value is -1.00. The molecule has 2 N–H and O–H groups in total. The van der Waals surface area contributed by atoms with E-state index in [1.807, 2.05) is 0 Å². The highest BCUT2D eigenvalue weighted by Gasteiger charge is 2.26. The molecule has 0 aliphatic carbocycles. The smallest absolute Gasteiger partial charge is 0.129 e. The van der Waals surface area contributed by atoms with Crippen LogP contribution in [0.25, 0.3) is 0 Å². The van der Waals surface area contributed by atoms with Gasteiger partial charge in [-0.25, -0.2) is 8.78 Å². The molecule has 0 aliphatic heterocycles. The molecule has 1 aromatic rings. The summed E-state index contributed by atoms with van der Waals surface area (Å²) in [7, 11) is 1.63. The van der Waals surface area contributed by atoms with Gasteiger partial charge in [0.05, 0.1) is 0 Å². The monoisotopic (exact) mass is 201 g/mol. The van der Waals surface area contributed by atoms with Gasteiger partial charge in [0, 0.05) is 12.1 Å². The van der Waals surface area contributed by atoms with E-state index in [2.05, 4.69) is 5.32 Å². The van der Waals surface area contributed by atoms with Gasteiger partial charge < -0.3 is 10.4 Å². The lowest BCUT2D eigenvalue weighted by Crippen LogP contribution is -2.34. The van der Waals surface area contributed by atoms with E-state index in [4.69, 9.17) is 0 Å². The van der Waals surface area contributed by atoms with Crippen molar-refractivity contribution >= 4 is 0 Å². The molecule has 0 bridgehead atoms. The molecule has 4 heteroatoms. The van der Waals surface area contributed by atoms with Crippen LogP contribution in [-0.2, 0) is 5.60 Å². The molecular formula is C10H13F2NO. The van der Waals surface area contributed by atoms with Crippen molar-refractivity contribution in [3.63, 3.8) is 0 Å². The van der Waals surface area contributed by atoms with E-state index in [9.17, 15) is 13.9 Å². The van der Waals surface area contributed by atoms with Crippen LogP contribution < -0.4 is 5.32 Å². The molecule has 78 valence electrons. The molecule has 0 radical (unpaired) electrons. The fraction of sp³-hybridized carbons (Fsp3) is 0.400. The molecule has 0 heterocycles. The molecule has 1 rings (SSSR count). The Morgan fingerprint density at radius 3 is 2.64 bits per heavy atom. The van der Waals surface area contributed by atoms with Gasteiger partial charge in [0.15, 0.2) is 0 Å². The standard InChI is InChI=1S/C10H13F2NO/c1-10(14,6-13-2)8-5-7(11)3-4-9(8)12/h3-5,13-14H,6H2,1-2H3. The van der Waals surface area contributed by atoms with Crippen molar-refractivity contribution in [1.82, 2.24) is 5.32 Å². The summed E-state index contributed by atoms with van der Waals surface area (Å²) in [5.41, 5.74) is -1.44. The van der Waals surface area contributed by atoms with Crippen LogP contribution in [0.1, 0.15) is 12.5 Å². The van der Waals surface area contributed by atoms with E-state index >= 15 is 0 Å². The highest BCUT2D eigenvalue weighted by atomic mass is 19.1. The van der Waals surface area contributed by atoms with Gasteiger partial charge in [-0.15, -0.1) is 0 Å². The summed E-state index contributed by atoms with van der Waals surface area (Å²) in [5, 5.41) is 12.5. The Morgan fingerprint density at radius 1 is 1.43 bits per heavy atom. The predicted octanol–water partition coefficient (Wildman–Crippen LogP) is 1.39. The quantitative estimate of drug-likeness (QED) is 0.774. The van der Waals surface area contributed by atoms with Crippen molar-refractivity contribution in [1.29, 1.82) is 0 Å². The number of aliphatic hydroxyl groups is 1. The van der Waals surface area contributed by atoms with Gasteiger partial charge in [0.1, 0.15) is 17.2 Å². The van der Waals surface area contributed by atoms with Crippen molar-refractivity contribution in [3.8, 4) is 0 Å². The number of hydrogen-bond acceptors (Lipinski definition) is 2. The fourth-order valence-electron chi connectivity index (χ4n) is 1.35. The van der Waals surface area contributed by atoms with Crippen molar-refractivity contribution in [2.75, 3.05) is 13.6 Å². The third-order valence-electron chi connectivity index (χ3n) is 2.03. The molecule has 0 spiro atoms. The van der Waals surface area contributed by atoms with Gasteiger partial charge in [0.25, 0.3) is 0 Å². The molecule has 14 heavy (non-hydrogen) atoms. The molecule has 0 saturated carbocycles. The van der Waals surface area contributed by atoms with Gasteiger partial charge in [-0.2, -0.15) is 0 Å². The number of halogens is 2. The van der Waals surface area contributed by atoms with Gasteiger partial charge in [-0.3, -0.25) is 0 Å². The van der Waals surface area contributed by atoms with Crippen LogP contribution in [0.3, 0.4) is 0 Å². The second-order valence-electron chi connectivity index (χ2n) is 3.43. The first kappa shape index (κ1) is 11.1. The van der Waals surface area contributed by atoms with Crippen molar-refractivity contribution in [2.45, 2.75) is 12.5 Å². The summed E-state index contributed by atoms with van der Waals surface area (Å²) in [6.07, 6.45) is 0. The molecule has 0 fully saturated rings. The molecule has 0 amide bonds. The summed E-state index contributed by atoms with van der Waals surface area (Å²) in [6.45, 7) is 1.59. The Kier molecular flexibility index (Phi) is 3.18. The van der Waals surface area contributed by atoms with Crippen LogP contribution in [0, 0.1) is 11.6 Å². The Labute approximate surface area is 81.6 Å². The van der Waals surface area contributed by atoms with Gasteiger partial charge in [-0.05, 0) is 32.2 Å². The second kappa shape index (κ2) is 4.02. The van der Waals surface area contributed by atoms with Crippen LogP contribution in [0.4, 0.5) is 8.78 Å². The summed E-state index contributed by atoms with van der Waals surface area (Å²) >= 11 is 0. The van der Waals surface area contributed by atoms with Crippen molar-refractivity contribution in [3.05, 3.63) is 35.4 Å². The van der Waals surface area contributed by atoms with Crippen molar-refractivity contribution < 1.29 is 13.9 Å². The average Bonchev–Trinajstić information content (AvgIpc) is 2.09. The largest absolute Gasteiger partial charge is 0.384 e. The number of likely N-dealkylation sites (N-methyl/N-ethyl adjacent to an activating group) is 1. The number of nitrogens with one attached hydrogen (secondary N) is 1. The molecule has 1 unspecified atom stereocenters. The van der Waals surface area contributed by atoms with Crippen LogP contribution in [0.2, 0.25) is 0 Å². The predicted molar refractivity (Wildman–Crippen MR) is 49.9 cm³/mol. The number of hydrogen-bond donors (Lipinski definition) is 2. The first-order chi connectivity index (χ1) is 6.47. The van der Waals surface area contributed by atoms with E-state index in [0.717, 1.165) is 18.2 Å². The van der Waals surface area contributed by atoms with Crippen LogP contribution in [0.5, 0.6) is 0 Å². The zero-order valence-corrected chi connectivity index (χ0v) is 8.14. The maximum Gasteiger partial charge on any atom is 0.129 e. The maximum atomic E-state index is 13.2. The SMILES string of the molecule is CNCC(C)(O)c1cc(F)ccc1F. The second-order valence-corrected chi connectivity index (χ2v) is 3.43. The third-order valence-corrected chi connectivity index (χ3v) is 2.03. The first-order valence-electron chi connectivity index (χ1n) is 4.30. The van der Waals surface area contributed by atoms with Gasteiger partial charge in [0.2, 0.25) is 0 Å². The molecule has 0 aromatic heterocycles. The van der Waals surface area contributed by atoms with Crippen LogP contribution >= 0.6 is 0 Å². The van der Waals surface area contributed by atoms with E-state index in [0.29, 0.717) is 0 Å². The molecule has 1 aromatic carbocycles. The third kappa shape index (κ3) is 2.27. The van der Waals surface area contributed by atoms with Gasteiger partial charge in [-0.1, -0.05) is 0 Å². The van der Waals surface area contributed by atoms with E-state index in [1.54, 1.807) is 7.05 Å². The highest BCUT2D eigenvalue weighted by Crippen LogP contribution is 2.23. The molecule has 0 aliphatic rings. The minimum Gasteiger partial charge on any atom is -0.384 e. The zero-order valence-electron chi connectivity index (χ0n) is 8.14. The first-order valence-corrected chi connectivity index (χ1v) is 4.30. The zero-order chi connectivity index (χ0) is 10.8. The maximum absolute atomic E-state index is 13.2. The summed E-state index contributed by atoms with van der Waals surface area (Å²) < 4.78 is 26.1. The minimum absolute atomic E-state index is 0.0353. The van der Waals surface area contributed by atoms with Crippen molar-refractivity contribution in [2.24, 2.45) is 0 Å². The molecule has 2 nitrogen and oxygen atoms in total.